The number of ketones is 1. The van der Waals surface area contributed by atoms with Gasteiger partial charge >= 0.3 is 0 Å². The Bertz CT molecular complexity index is 808. The molecule has 0 aliphatic heterocycles. The van der Waals surface area contributed by atoms with Crippen LogP contribution < -0.4 is 0 Å². The van der Waals surface area contributed by atoms with Gasteiger partial charge in [-0.05, 0) is 50.5 Å². The second-order valence-electron chi connectivity index (χ2n) is 5.96. The van der Waals surface area contributed by atoms with E-state index < -0.39 is 0 Å². The van der Waals surface area contributed by atoms with E-state index in [1.54, 1.807) is 11.6 Å². The summed E-state index contributed by atoms with van der Waals surface area (Å²) >= 11 is 0. The van der Waals surface area contributed by atoms with E-state index in [1.807, 2.05) is 49.4 Å². The molecule has 0 fully saturated rings. The van der Waals surface area contributed by atoms with Gasteiger partial charge in [-0.25, -0.2) is 0 Å². The number of carbonyl (C=O) groups is 1. The summed E-state index contributed by atoms with van der Waals surface area (Å²) in [6.45, 7) is 12.1. The first kappa shape index (κ1) is 17.7. The van der Waals surface area contributed by atoms with Crippen molar-refractivity contribution < 1.29 is 4.79 Å². The van der Waals surface area contributed by atoms with Gasteiger partial charge in [-0.3, -0.25) is 9.48 Å². The highest BCUT2D eigenvalue weighted by molar-refractivity contribution is 5.78. The Hall–Kier alpha value is -2.68. The Labute approximate surface area is 144 Å². The van der Waals surface area contributed by atoms with Crippen LogP contribution in [0.1, 0.15) is 33.4 Å². The molecule has 0 radical (unpaired) electrons. The zero-order valence-corrected chi connectivity index (χ0v) is 14.8. The van der Waals surface area contributed by atoms with Gasteiger partial charge in [0.25, 0.3) is 0 Å². The minimum Gasteiger partial charge on any atom is -0.298 e. The highest BCUT2D eigenvalue weighted by Crippen LogP contribution is 2.25. The van der Waals surface area contributed by atoms with Crippen molar-refractivity contribution in [3.63, 3.8) is 0 Å². The van der Waals surface area contributed by atoms with Gasteiger partial charge in [0.05, 0.1) is 17.9 Å². The van der Waals surface area contributed by atoms with Crippen molar-refractivity contribution in [1.29, 1.82) is 0 Å². The summed E-state index contributed by atoms with van der Waals surface area (Å²) in [6, 6.07) is 12.0. The first-order valence-corrected chi connectivity index (χ1v) is 8.06. The maximum absolute atomic E-state index is 11.6. The number of carbonyl (C=O) groups excluding carboxylic acids is 1. The number of hydrogen-bond acceptors (Lipinski definition) is 2. The minimum atomic E-state index is 0.0731. The molecule has 0 bridgehead atoms. The summed E-state index contributed by atoms with van der Waals surface area (Å²) in [4.78, 5) is 11.6. The number of nitrogens with zero attached hydrogens (tertiary/aromatic N) is 2. The second kappa shape index (κ2) is 7.73. The van der Waals surface area contributed by atoms with Gasteiger partial charge in [0.1, 0.15) is 0 Å². The van der Waals surface area contributed by atoms with E-state index in [2.05, 4.69) is 31.6 Å². The van der Waals surface area contributed by atoms with E-state index in [0.29, 0.717) is 0 Å². The molecule has 0 amide bonds. The fraction of sp³-hybridized carbons (Fsp3) is 0.238. The minimum absolute atomic E-state index is 0.0731. The monoisotopic (exact) mass is 320 g/mol. The smallest absolute Gasteiger partial charge is 0.151 e. The Morgan fingerprint density at radius 2 is 1.83 bits per heavy atom. The zero-order chi connectivity index (χ0) is 17.7. The van der Waals surface area contributed by atoms with Crippen molar-refractivity contribution in [2.75, 3.05) is 0 Å². The molecule has 0 unspecified atom stereocenters. The van der Waals surface area contributed by atoms with Crippen LogP contribution in [0.3, 0.4) is 0 Å². The largest absolute Gasteiger partial charge is 0.298 e. The third-order valence-electron chi connectivity index (χ3n) is 4.00. The van der Waals surface area contributed by atoms with E-state index in [1.165, 1.54) is 5.57 Å². The average molecular weight is 320 g/mol. The molecule has 3 heteroatoms. The summed E-state index contributed by atoms with van der Waals surface area (Å²) in [7, 11) is 0. The van der Waals surface area contributed by atoms with Crippen molar-refractivity contribution >= 4 is 11.4 Å². The van der Waals surface area contributed by atoms with Crippen LogP contribution in [-0.4, -0.2) is 15.6 Å². The van der Waals surface area contributed by atoms with Gasteiger partial charge in [-0.15, -0.1) is 0 Å². The normalized spacial score (nSPS) is 12.3. The quantitative estimate of drug-likeness (QED) is 0.697. The van der Waals surface area contributed by atoms with Crippen LogP contribution >= 0.6 is 0 Å². The molecule has 24 heavy (non-hydrogen) atoms. The highest BCUT2D eigenvalue weighted by Gasteiger charge is 2.12. The molecule has 0 atom stereocenters. The first-order valence-electron chi connectivity index (χ1n) is 8.06. The fourth-order valence-electron chi connectivity index (χ4n) is 2.42. The predicted octanol–water partition coefficient (Wildman–Crippen LogP) is 5.06. The highest BCUT2D eigenvalue weighted by atomic mass is 16.1. The van der Waals surface area contributed by atoms with Gasteiger partial charge in [-0.1, -0.05) is 54.6 Å². The van der Waals surface area contributed by atoms with Crippen LogP contribution in [0.4, 0.5) is 0 Å². The summed E-state index contributed by atoms with van der Waals surface area (Å²) in [6.07, 6.45) is 4.10. The average Bonchev–Trinajstić information content (AvgIpc) is 2.98. The Morgan fingerprint density at radius 1 is 1.17 bits per heavy atom. The van der Waals surface area contributed by atoms with E-state index >= 15 is 0 Å². The molecule has 0 aliphatic carbocycles. The Morgan fingerprint density at radius 3 is 2.42 bits per heavy atom. The molecule has 1 aromatic carbocycles. The van der Waals surface area contributed by atoms with Crippen molar-refractivity contribution in [3.05, 3.63) is 72.0 Å². The van der Waals surface area contributed by atoms with Crippen LogP contribution in [0.2, 0.25) is 0 Å². The van der Waals surface area contributed by atoms with Gasteiger partial charge in [0.2, 0.25) is 0 Å². The molecular weight excluding hydrogens is 296 g/mol. The molecule has 0 N–H and O–H groups in total. The number of benzene rings is 1. The molecule has 0 aliphatic rings. The standard InChI is InChI=1S/C21H24N2O/c1-6-15(2)16(3)12-17(4)20-13-21(19-10-8-7-9-11-19)23(22-20)14-18(5)24/h6-13H,4,14H2,1-3,5H3/b15-6-,16-12-. The van der Waals surface area contributed by atoms with Crippen LogP contribution in [0.15, 0.2) is 66.3 Å². The first-order chi connectivity index (χ1) is 11.4. The molecule has 2 rings (SSSR count). The maximum Gasteiger partial charge on any atom is 0.151 e. The van der Waals surface area contributed by atoms with Crippen LogP contribution in [-0.2, 0) is 11.3 Å². The topological polar surface area (TPSA) is 34.9 Å². The lowest BCUT2D eigenvalue weighted by Crippen LogP contribution is -2.09. The number of Topliss-reactive ketones (excluding diaryl/α,β-unsaturated/α-hetero) is 1. The molecule has 124 valence electrons. The molecule has 2 aromatic rings. The summed E-state index contributed by atoms with van der Waals surface area (Å²) < 4.78 is 1.75. The molecule has 1 aromatic heterocycles. The van der Waals surface area contributed by atoms with Crippen LogP contribution in [0, 0.1) is 0 Å². The predicted molar refractivity (Wildman–Crippen MR) is 101 cm³/mol. The molecule has 0 saturated carbocycles. The summed E-state index contributed by atoms with van der Waals surface area (Å²) in [5.74, 6) is 0.0731. The van der Waals surface area contributed by atoms with Crippen molar-refractivity contribution in [2.45, 2.75) is 34.2 Å². The fourth-order valence-corrected chi connectivity index (χ4v) is 2.42. The summed E-state index contributed by atoms with van der Waals surface area (Å²) in [5, 5.41) is 4.60. The molecular formula is C21H24N2O. The lowest BCUT2D eigenvalue weighted by atomic mass is 10.0. The Kier molecular flexibility index (Phi) is 5.69. The van der Waals surface area contributed by atoms with Crippen molar-refractivity contribution in [3.8, 4) is 11.3 Å². The molecule has 3 nitrogen and oxygen atoms in total. The van der Waals surface area contributed by atoms with E-state index in [-0.39, 0.29) is 12.3 Å². The Balaban J connectivity index is 2.44. The molecule has 0 spiro atoms. The van der Waals surface area contributed by atoms with E-state index in [0.717, 1.165) is 28.1 Å². The van der Waals surface area contributed by atoms with E-state index in [9.17, 15) is 4.79 Å². The number of allylic oxidation sites excluding steroid dienone is 5. The van der Waals surface area contributed by atoms with Crippen molar-refractivity contribution in [2.24, 2.45) is 0 Å². The maximum atomic E-state index is 11.6. The second-order valence-corrected chi connectivity index (χ2v) is 5.96. The third kappa shape index (κ3) is 4.19. The molecule has 1 heterocycles. The lowest BCUT2D eigenvalue weighted by Gasteiger charge is -2.04. The van der Waals surface area contributed by atoms with Gasteiger partial charge in [0.15, 0.2) is 5.78 Å². The van der Waals surface area contributed by atoms with Crippen LogP contribution in [0.25, 0.3) is 16.8 Å². The van der Waals surface area contributed by atoms with E-state index in [4.69, 9.17) is 0 Å². The number of hydrogen-bond donors (Lipinski definition) is 0. The lowest BCUT2D eigenvalue weighted by molar-refractivity contribution is -0.117. The van der Waals surface area contributed by atoms with Crippen LogP contribution in [0.5, 0.6) is 0 Å². The number of aromatic nitrogens is 2. The van der Waals surface area contributed by atoms with Crippen molar-refractivity contribution in [1.82, 2.24) is 9.78 Å². The van der Waals surface area contributed by atoms with Gasteiger partial charge in [0, 0.05) is 0 Å². The SMILES string of the molecule is C=C(/C=C(C)\C(C)=C/C)c1cc(-c2ccccc2)n(CC(C)=O)n1. The van der Waals surface area contributed by atoms with Gasteiger partial charge in [-0.2, -0.15) is 5.10 Å². The zero-order valence-electron chi connectivity index (χ0n) is 14.8. The number of rotatable bonds is 6. The molecule has 0 saturated heterocycles. The third-order valence-corrected chi connectivity index (χ3v) is 4.00. The van der Waals surface area contributed by atoms with Gasteiger partial charge < -0.3 is 0 Å². The summed E-state index contributed by atoms with van der Waals surface area (Å²) in [5.41, 5.74) is 5.96.